The first kappa shape index (κ1) is 19.2. The molecule has 2 aromatic carbocycles. The Morgan fingerprint density at radius 1 is 1.15 bits per heavy atom. The summed E-state index contributed by atoms with van der Waals surface area (Å²) in [7, 11) is -3.84. The van der Waals surface area contributed by atoms with Gasteiger partial charge in [0, 0.05) is 10.2 Å². The number of halogens is 2. The second-order valence-electron chi connectivity index (χ2n) is 5.41. The molecule has 1 aliphatic heterocycles. The monoisotopic (exact) mass is 474 g/mol. The second-order valence-corrected chi connectivity index (χ2v) is 9.31. The normalized spacial score (nSPS) is 14.8. The van der Waals surface area contributed by atoms with Crippen LogP contribution < -0.4 is 4.72 Å². The van der Waals surface area contributed by atoms with Gasteiger partial charge in [0.2, 0.25) is 5.91 Å². The van der Waals surface area contributed by atoms with Crippen molar-refractivity contribution in [1.82, 2.24) is 4.90 Å². The van der Waals surface area contributed by atoms with Crippen LogP contribution in [0.4, 0.5) is 10.5 Å². The molecule has 136 valence electrons. The van der Waals surface area contributed by atoms with Crippen LogP contribution in [0.15, 0.2) is 51.8 Å². The van der Waals surface area contributed by atoms with Crippen molar-refractivity contribution in [2.24, 2.45) is 0 Å². The molecule has 2 aromatic rings. The Morgan fingerprint density at radius 2 is 1.85 bits per heavy atom. The number of imide groups is 1. The minimum atomic E-state index is -3.84. The van der Waals surface area contributed by atoms with E-state index in [4.69, 9.17) is 11.6 Å². The van der Waals surface area contributed by atoms with Crippen LogP contribution in [-0.2, 0) is 21.4 Å². The fourth-order valence-electron chi connectivity index (χ4n) is 2.30. The minimum Gasteiger partial charge on any atom is -0.280 e. The topological polar surface area (TPSA) is 83.6 Å². The van der Waals surface area contributed by atoms with Crippen LogP contribution in [0.3, 0.4) is 0 Å². The molecule has 1 N–H and O–H groups in total. The van der Waals surface area contributed by atoms with Gasteiger partial charge in [-0.2, -0.15) is 0 Å². The Balaban J connectivity index is 1.74. The van der Waals surface area contributed by atoms with E-state index >= 15 is 0 Å². The zero-order chi connectivity index (χ0) is 18.9. The van der Waals surface area contributed by atoms with Crippen LogP contribution in [0.25, 0.3) is 0 Å². The van der Waals surface area contributed by atoms with E-state index in [1.165, 1.54) is 17.0 Å². The van der Waals surface area contributed by atoms with E-state index in [0.717, 1.165) is 17.3 Å². The number of anilines is 1. The maximum atomic E-state index is 12.5. The smallest absolute Gasteiger partial charge is 0.280 e. The first-order valence-electron chi connectivity index (χ1n) is 7.30. The third-order valence-corrected chi connectivity index (χ3v) is 6.79. The van der Waals surface area contributed by atoms with Gasteiger partial charge < -0.3 is 0 Å². The van der Waals surface area contributed by atoms with Gasteiger partial charge in [0.15, 0.2) is 0 Å². The first-order valence-corrected chi connectivity index (χ1v) is 10.9. The molecule has 0 saturated carbocycles. The highest BCUT2D eigenvalue weighted by Crippen LogP contribution is 2.27. The number of carbonyl (C=O) groups is 2. The molecule has 1 saturated heterocycles. The number of amides is 2. The summed E-state index contributed by atoms with van der Waals surface area (Å²) >= 11 is 10.2. The summed E-state index contributed by atoms with van der Waals surface area (Å²) in [6, 6.07) is 10.9. The van der Waals surface area contributed by atoms with Gasteiger partial charge in [-0.3, -0.25) is 19.2 Å². The molecule has 0 radical (unpaired) electrons. The molecule has 10 heteroatoms. The molecule has 26 heavy (non-hydrogen) atoms. The number of hydrogen-bond donors (Lipinski definition) is 1. The number of rotatable bonds is 5. The Bertz CT molecular complexity index is 964. The first-order chi connectivity index (χ1) is 12.3. The summed E-state index contributed by atoms with van der Waals surface area (Å²) in [6.07, 6.45) is 0. The van der Waals surface area contributed by atoms with Crippen LogP contribution in [-0.4, -0.2) is 30.2 Å². The average molecular weight is 476 g/mol. The summed E-state index contributed by atoms with van der Waals surface area (Å²) in [6.45, 7) is 0.163. The molecule has 6 nitrogen and oxygen atoms in total. The highest BCUT2D eigenvalue weighted by molar-refractivity contribution is 9.10. The fraction of sp³-hybridized carbons (Fsp3) is 0.125. The third-order valence-electron chi connectivity index (χ3n) is 3.57. The molecule has 0 atom stereocenters. The largest absolute Gasteiger partial charge is 0.289 e. The number of hydrogen-bond acceptors (Lipinski definition) is 5. The van der Waals surface area contributed by atoms with E-state index in [-0.39, 0.29) is 33.4 Å². The maximum absolute atomic E-state index is 12.5. The fourth-order valence-corrected chi connectivity index (χ4v) is 5.12. The van der Waals surface area contributed by atoms with Crippen LogP contribution >= 0.6 is 39.3 Å². The number of thioether (sulfide) groups is 1. The van der Waals surface area contributed by atoms with Crippen LogP contribution in [0.1, 0.15) is 5.56 Å². The Morgan fingerprint density at radius 3 is 2.42 bits per heavy atom. The molecule has 1 aliphatic rings. The highest BCUT2D eigenvalue weighted by atomic mass is 79.9. The van der Waals surface area contributed by atoms with Gasteiger partial charge in [-0.05, 0) is 35.9 Å². The Labute approximate surface area is 168 Å². The maximum Gasteiger partial charge on any atom is 0.289 e. The van der Waals surface area contributed by atoms with Gasteiger partial charge in [0.1, 0.15) is 4.90 Å². The summed E-state index contributed by atoms with van der Waals surface area (Å²) in [4.78, 5) is 24.4. The predicted octanol–water partition coefficient (Wildman–Crippen LogP) is 4.10. The molecule has 2 amide bonds. The van der Waals surface area contributed by atoms with Gasteiger partial charge in [-0.1, -0.05) is 51.4 Å². The quantitative estimate of drug-likeness (QED) is 0.704. The molecule has 0 aromatic heterocycles. The van der Waals surface area contributed by atoms with Crippen LogP contribution in [0.2, 0.25) is 5.02 Å². The number of carbonyl (C=O) groups excluding carboxylic acids is 2. The van der Waals surface area contributed by atoms with E-state index in [0.29, 0.717) is 10.2 Å². The van der Waals surface area contributed by atoms with E-state index in [2.05, 4.69) is 20.7 Å². The molecule has 1 heterocycles. The SMILES string of the molecule is O=C1CSC(=O)N1Cc1ccc(NS(=O)(=O)c2ccc(Br)cc2Cl)cc1. The standard InChI is InChI=1S/C16H12BrClN2O4S2/c17-11-3-6-14(13(18)7-11)26(23,24)19-12-4-1-10(2-5-12)8-20-15(21)9-25-16(20)22/h1-7,19H,8-9H2. The zero-order valence-corrected chi connectivity index (χ0v) is 17.1. The molecule has 0 spiro atoms. The minimum absolute atomic E-state index is 0.0308. The average Bonchev–Trinajstić information content (AvgIpc) is 2.88. The molecule has 0 bridgehead atoms. The molecule has 3 rings (SSSR count). The lowest BCUT2D eigenvalue weighted by atomic mass is 10.2. The molecule has 0 aliphatic carbocycles. The summed E-state index contributed by atoms with van der Waals surface area (Å²) < 4.78 is 28.1. The zero-order valence-electron chi connectivity index (χ0n) is 13.1. The van der Waals surface area contributed by atoms with Crippen molar-refractivity contribution in [2.45, 2.75) is 11.4 Å². The van der Waals surface area contributed by atoms with Crippen molar-refractivity contribution in [2.75, 3.05) is 10.5 Å². The van der Waals surface area contributed by atoms with Crippen LogP contribution in [0, 0.1) is 0 Å². The number of benzene rings is 2. The lowest BCUT2D eigenvalue weighted by Gasteiger charge is -2.14. The Kier molecular flexibility index (Phi) is 5.61. The summed E-state index contributed by atoms with van der Waals surface area (Å²) in [5, 5.41) is -0.170. The highest BCUT2D eigenvalue weighted by Gasteiger charge is 2.29. The van der Waals surface area contributed by atoms with Crippen molar-refractivity contribution in [3.8, 4) is 0 Å². The van der Waals surface area contributed by atoms with E-state index < -0.39 is 10.0 Å². The van der Waals surface area contributed by atoms with Crippen molar-refractivity contribution in [3.05, 3.63) is 57.5 Å². The Hall–Kier alpha value is -1.55. The van der Waals surface area contributed by atoms with E-state index in [1.807, 2.05) is 0 Å². The van der Waals surface area contributed by atoms with E-state index in [1.54, 1.807) is 30.3 Å². The van der Waals surface area contributed by atoms with Gasteiger partial charge in [-0.15, -0.1) is 0 Å². The van der Waals surface area contributed by atoms with Crippen LogP contribution in [0.5, 0.6) is 0 Å². The lowest BCUT2D eigenvalue weighted by Crippen LogP contribution is -2.27. The second kappa shape index (κ2) is 7.59. The van der Waals surface area contributed by atoms with Crippen molar-refractivity contribution >= 4 is 66.1 Å². The predicted molar refractivity (Wildman–Crippen MR) is 105 cm³/mol. The molecular formula is C16H12BrClN2O4S2. The van der Waals surface area contributed by atoms with E-state index in [9.17, 15) is 18.0 Å². The lowest BCUT2D eigenvalue weighted by molar-refractivity contribution is -0.125. The van der Waals surface area contributed by atoms with Gasteiger partial charge in [-0.25, -0.2) is 8.42 Å². The molecular weight excluding hydrogens is 464 g/mol. The van der Waals surface area contributed by atoms with Crippen molar-refractivity contribution in [1.29, 1.82) is 0 Å². The third kappa shape index (κ3) is 4.22. The number of sulfonamides is 1. The molecule has 0 unspecified atom stereocenters. The van der Waals surface area contributed by atoms with Crippen molar-refractivity contribution < 1.29 is 18.0 Å². The summed E-state index contributed by atoms with van der Waals surface area (Å²) in [5.41, 5.74) is 1.07. The summed E-state index contributed by atoms with van der Waals surface area (Å²) in [5.74, 6) is -0.0698. The number of nitrogens with one attached hydrogen (secondary N) is 1. The van der Waals surface area contributed by atoms with Gasteiger partial charge in [0.05, 0.1) is 17.3 Å². The molecule has 1 fully saturated rings. The van der Waals surface area contributed by atoms with Gasteiger partial charge >= 0.3 is 0 Å². The van der Waals surface area contributed by atoms with Crippen molar-refractivity contribution in [3.63, 3.8) is 0 Å². The van der Waals surface area contributed by atoms with Gasteiger partial charge in [0.25, 0.3) is 15.3 Å². The number of nitrogens with zero attached hydrogens (tertiary/aromatic N) is 1.